The number of unbranched alkanes of at least 4 members (excludes halogenated alkanes) is 1. The van der Waals surface area contributed by atoms with Gasteiger partial charge in [0.2, 0.25) is 0 Å². The summed E-state index contributed by atoms with van der Waals surface area (Å²) < 4.78 is 0. The number of nitrogens with zero attached hydrogens (tertiary/aromatic N) is 1. The third-order valence-corrected chi connectivity index (χ3v) is 3.89. The molecule has 2 rings (SSSR count). The van der Waals surface area contributed by atoms with E-state index in [0.717, 1.165) is 6.04 Å². The summed E-state index contributed by atoms with van der Waals surface area (Å²) >= 11 is 0. The van der Waals surface area contributed by atoms with E-state index in [9.17, 15) is 0 Å². The molecule has 2 aliphatic rings. The second-order valence-corrected chi connectivity index (χ2v) is 5.19. The van der Waals surface area contributed by atoms with Gasteiger partial charge in [0.25, 0.3) is 0 Å². The van der Waals surface area contributed by atoms with Crippen molar-refractivity contribution >= 4 is 0 Å². The molecule has 2 heteroatoms. The summed E-state index contributed by atoms with van der Waals surface area (Å²) in [6.45, 7) is 5.34. The molecular formula is C13H26N2. The Morgan fingerprint density at radius 3 is 2.60 bits per heavy atom. The monoisotopic (exact) mass is 210 g/mol. The average Bonchev–Trinajstić information content (AvgIpc) is 2.79. The third kappa shape index (κ3) is 4.12. The van der Waals surface area contributed by atoms with Crippen LogP contribution in [0.5, 0.6) is 0 Å². The van der Waals surface area contributed by atoms with Gasteiger partial charge >= 0.3 is 0 Å². The summed E-state index contributed by atoms with van der Waals surface area (Å²) in [5.41, 5.74) is 0. The number of hydrogen-bond acceptors (Lipinski definition) is 2. The predicted molar refractivity (Wildman–Crippen MR) is 65.2 cm³/mol. The van der Waals surface area contributed by atoms with E-state index in [4.69, 9.17) is 0 Å². The van der Waals surface area contributed by atoms with Gasteiger partial charge in [-0.1, -0.05) is 12.8 Å². The summed E-state index contributed by atoms with van der Waals surface area (Å²) in [5.74, 6) is 0. The maximum atomic E-state index is 3.63. The summed E-state index contributed by atoms with van der Waals surface area (Å²) in [4.78, 5) is 2.63. The zero-order chi connectivity index (χ0) is 10.3. The molecule has 1 unspecified atom stereocenters. The van der Waals surface area contributed by atoms with Crippen LogP contribution in [0.4, 0.5) is 0 Å². The number of likely N-dealkylation sites (tertiary alicyclic amines) is 1. The largest absolute Gasteiger partial charge is 0.314 e. The molecule has 88 valence electrons. The van der Waals surface area contributed by atoms with Crippen molar-refractivity contribution in [3.8, 4) is 0 Å². The lowest BCUT2D eigenvalue weighted by Gasteiger charge is -2.23. The average molecular weight is 210 g/mol. The van der Waals surface area contributed by atoms with Gasteiger partial charge in [-0.05, 0) is 64.7 Å². The van der Waals surface area contributed by atoms with Gasteiger partial charge in [0.15, 0.2) is 0 Å². The van der Waals surface area contributed by atoms with Crippen LogP contribution in [-0.2, 0) is 0 Å². The SMILES string of the molecule is C1CCC(CCCCN2CCCC2)NC1. The zero-order valence-corrected chi connectivity index (χ0v) is 10.0. The number of nitrogens with one attached hydrogen (secondary N) is 1. The first kappa shape index (κ1) is 11.4. The van der Waals surface area contributed by atoms with E-state index >= 15 is 0 Å². The van der Waals surface area contributed by atoms with Gasteiger partial charge in [-0.15, -0.1) is 0 Å². The Kier molecular flexibility index (Phi) is 4.94. The highest BCUT2D eigenvalue weighted by molar-refractivity contribution is 4.72. The van der Waals surface area contributed by atoms with Crippen molar-refractivity contribution in [2.75, 3.05) is 26.2 Å². The fourth-order valence-corrected chi connectivity index (χ4v) is 2.90. The van der Waals surface area contributed by atoms with Crippen LogP contribution in [0.3, 0.4) is 0 Å². The van der Waals surface area contributed by atoms with Crippen molar-refractivity contribution in [1.82, 2.24) is 10.2 Å². The van der Waals surface area contributed by atoms with Crippen LogP contribution in [0, 0.1) is 0 Å². The minimum absolute atomic E-state index is 0.845. The Hall–Kier alpha value is -0.0800. The Labute approximate surface area is 94.4 Å². The number of rotatable bonds is 5. The molecule has 15 heavy (non-hydrogen) atoms. The van der Waals surface area contributed by atoms with E-state index in [1.807, 2.05) is 0 Å². The molecule has 0 radical (unpaired) electrons. The standard InChI is InChI=1S/C13H26N2/c1-3-9-14-13(7-1)8-2-4-10-15-11-5-6-12-15/h13-14H,1-12H2. The van der Waals surface area contributed by atoms with Gasteiger partial charge in [0.05, 0.1) is 0 Å². The van der Waals surface area contributed by atoms with E-state index < -0.39 is 0 Å². The second kappa shape index (κ2) is 6.49. The molecule has 0 aromatic carbocycles. The Morgan fingerprint density at radius 1 is 1.00 bits per heavy atom. The van der Waals surface area contributed by atoms with Crippen LogP contribution in [0.1, 0.15) is 51.4 Å². The first-order valence-electron chi connectivity index (χ1n) is 6.91. The Morgan fingerprint density at radius 2 is 1.87 bits per heavy atom. The highest BCUT2D eigenvalue weighted by atomic mass is 15.1. The van der Waals surface area contributed by atoms with Gasteiger partial charge < -0.3 is 10.2 Å². The topological polar surface area (TPSA) is 15.3 Å². The van der Waals surface area contributed by atoms with E-state index in [2.05, 4.69) is 10.2 Å². The van der Waals surface area contributed by atoms with E-state index in [-0.39, 0.29) is 0 Å². The maximum absolute atomic E-state index is 3.63. The molecule has 2 saturated heterocycles. The predicted octanol–water partition coefficient (Wildman–Crippen LogP) is 2.39. The quantitative estimate of drug-likeness (QED) is 0.701. The normalized spacial score (nSPS) is 28.4. The molecule has 1 atom stereocenters. The molecule has 2 nitrogen and oxygen atoms in total. The van der Waals surface area contributed by atoms with Crippen LogP contribution >= 0.6 is 0 Å². The van der Waals surface area contributed by atoms with Crippen molar-refractivity contribution in [3.63, 3.8) is 0 Å². The zero-order valence-electron chi connectivity index (χ0n) is 10.0. The van der Waals surface area contributed by atoms with E-state index in [1.54, 1.807) is 0 Å². The molecule has 0 amide bonds. The Bertz CT molecular complexity index is 158. The lowest BCUT2D eigenvalue weighted by atomic mass is 10.00. The smallest absolute Gasteiger partial charge is 0.00670 e. The van der Waals surface area contributed by atoms with Gasteiger partial charge in [-0.2, -0.15) is 0 Å². The van der Waals surface area contributed by atoms with Crippen molar-refractivity contribution < 1.29 is 0 Å². The molecule has 0 bridgehead atoms. The molecular weight excluding hydrogens is 184 g/mol. The molecule has 0 aromatic heterocycles. The minimum atomic E-state index is 0.845. The van der Waals surface area contributed by atoms with Crippen molar-refractivity contribution in [3.05, 3.63) is 0 Å². The maximum Gasteiger partial charge on any atom is 0.00670 e. The Balaban J connectivity index is 1.47. The summed E-state index contributed by atoms with van der Waals surface area (Å²) in [6, 6.07) is 0.845. The highest BCUT2D eigenvalue weighted by Gasteiger charge is 2.13. The van der Waals surface area contributed by atoms with Crippen LogP contribution in [0.25, 0.3) is 0 Å². The molecule has 0 saturated carbocycles. The number of hydrogen-bond donors (Lipinski definition) is 1. The van der Waals surface area contributed by atoms with Gasteiger partial charge in [-0.3, -0.25) is 0 Å². The summed E-state index contributed by atoms with van der Waals surface area (Å²) in [5, 5.41) is 3.63. The summed E-state index contributed by atoms with van der Waals surface area (Å²) in [7, 11) is 0. The fraction of sp³-hybridized carbons (Fsp3) is 1.00. The van der Waals surface area contributed by atoms with Crippen LogP contribution < -0.4 is 5.32 Å². The lowest BCUT2D eigenvalue weighted by molar-refractivity contribution is 0.315. The first-order valence-corrected chi connectivity index (χ1v) is 6.91. The van der Waals surface area contributed by atoms with Crippen molar-refractivity contribution in [2.24, 2.45) is 0 Å². The molecule has 2 heterocycles. The first-order chi connectivity index (χ1) is 7.45. The van der Waals surface area contributed by atoms with Crippen LogP contribution in [0.15, 0.2) is 0 Å². The van der Waals surface area contributed by atoms with E-state index in [0.29, 0.717) is 0 Å². The molecule has 2 aliphatic heterocycles. The van der Waals surface area contributed by atoms with Gasteiger partial charge in [-0.25, -0.2) is 0 Å². The second-order valence-electron chi connectivity index (χ2n) is 5.19. The minimum Gasteiger partial charge on any atom is -0.314 e. The summed E-state index contributed by atoms with van der Waals surface area (Å²) in [6.07, 6.45) is 11.4. The molecule has 1 N–H and O–H groups in total. The van der Waals surface area contributed by atoms with Gasteiger partial charge in [0.1, 0.15) is 0 Å². The molecule has 2 fully saturated rings. The van der Waals surface area contributed by atoms with Crippen molar-refractivity contribution in [1.29, 1.82) is 0 Å². The molecule has 0 spiro atoms. The fourth-order valence-electron chi connectivity index (χ4n) is 2.90. The third-order valence-electron chi connectivity index (χ3n) is 3.89. The van der Waals surface area contributed by atoms with Crippen LogP contribution in [0.2, 0.25) is 0 Å². The molecule has 0 aliphatic carbocycles. The van der Waals surface area contributed by atoms with Crippen LogP contribution in [-0.4, -0.2) is 37.1 Å². The number of piperidine rings is 1. The highest BCUT2D eigenvalue weighted by Crippen LogP contribution is 2.14. The molecule has 0 aromatic rings. The van der Waals surface area contributed by atoms with E-state index in [1.165, 1.54) is 77.5 Å². The van der Waals surface area contributed by atoms with Crippen molar-refractivity contribution in [2.45, 2.75) is 57.4 Å². The lowest BCUT2D eigenvalue weighted by Crippen LogP contribution is -2.33. The van der Waals surface area contributed by atoms with Gasteiger partial charge in [0, 0.05) is 6.04 Å².